The van der Waals surface area contributed by atoms with Gasteiger partial charge in [0.05, 0.1) is 35.2 Å². The number of alkyl halides is 6. The van der Waals surface area contributed by atoms with Gasteiger partial charge in [0.1, 0.15) is 12.7 Å². The second kappa shape index (κ2) is 23.6. The van der Waals surface area contributed by atoms with Gasteiger partial charge in [-0.05, 0) is 96.6 Å². The van der Waals surface area contributed by atoms with Crippen molar-refractivity contribution in [1.29, 1.82) is 0 Å². The highest BCUT2D eigenvalue weighted by Gasteiger charge is 2.38. The Hall–Kier alpha value is -9.40. The number of aromatic nitrogens is 12. The number of halogens is 7. The van der Waals surface area contributed by atoms with Crippen molar-refractivity contribution in [2.45, 2.75) is 12.4 Å². The fraction of sp³-hybridized carbons (Fsp3) is 0.0400. The van der Waals surface area contributed by atoms with Crippen LogP contribution in [-0.2, 0) is 12.4 Å². The predicted octanol–water partition coefficient (Wildman–Crippen LogP) is 8.58. The van der Waals surface area contributed by atoms with E-state index in [4.69, 9.17) is 10.0 Å². The molecule has 8 aromatic heterocycles. The molecule has 0 aliphatic carbocycles. The Labute approximate surface area is 434 Å². The van der Waals surface area contributed by atoms with Crippen molar-refractivity contribution in [3.8, 4) is 45.3 Å². The average Bonchev–Trinajstić information content (AvgIpc) is 4.12. The Morgan fingerprint density at radius 1 is 0.500 bits per heavy atom. The van der Waals surface area contributed by atoms with Gasteiger partial charge in [-0.25, -0.2) is 39.3 Å². The number of carbonyl (C=O) groups is 2. The van der Waals surface area contributed by atoms with Crippen LogP contribution in [0.1, 0.15) is 32.1 Å². The monoisotopic (exact) mass is 1100 g/mol. The number of nitrogens with one attached hydrogen (secondary N) is 2. The van der Waals surface area contributed by atoms with Crippen LogP contribution in [-0.4, -0.2) is 88.4 Å². The Kier molecular flexibility index (Phi) is 16.5. The molecular weight excluding hydrogens is 1070 g/mol. The summed E-state index contributed by atoms with van der Waals surface area (Å²) in [4.78, 5) is 56.2. The largest absolute Gasteiger partial charge is 0.491 e. The van der Waals surface area contributed by atoms with Crippen molar-refractivity contribution in [3.05, 3.63) is 211 Å². The fourth-order valence-corrected chi connectivity index (χ4v) is 7.16. The first-order valence-electron chi connectivity index (χ1n) is 21.9. The zero-order valence-electron chi connectivity index (χ0n) is 38.6. The molecule has 10 aromatic rings. The van der Waals surface area contributed by atoms with Crippen LogP contribution in [0.4, 0.5) is 37.7 Å². The number of anilines is 2. The smallest absolute Gasteiger partial charge is 0.423 e. The Bertz CT molecular complexity index is 3550. The second-order valence-corrected chi connectivity index (χ2v) is 16.5. The summed E-state index contributed by atoms with van der Waals surface area (Å²) < 4.78 is 84.0. The molecule has 10 rings (SSSR count). The molecule has 2 amide bonds. The van der Waals surface area contributed by atoms with E-state index in [2.05, 4.69) is 76.6 Å². The molecule has 26 heteroatoms. The summed E-state index contributed by atoms with van der Waals surface area (Å²) >= 11 is 3.29. The first kappa shape index (κ1) is 52.9. The lowest BCUT2D eigenvalue weighted by molar-refractivity contribution is -0.143. The molecule has 18 nitrogen and oxygen atoms in total. The molecule has 0 fully saturated rings. The Morgan fingerprint density at radius 3 is 1.36 bits per heavy atom. The maximum absolute atomic E-state index is 13.7. The molecule has 0 atom stereocenters. The van der Waals surface area contributed by atoms with Crippen molar-refractivity contribution in [3.63, 3.8) is 0 Å². The van der Waals surface area contributed by atoms with Crippen LogP contribution in [0.5, 0.6) is 0 Å². The topological polar surface area (TPSA) is 237 Å². The molecule has 0 aliphatic rings. The molecule has 0 radical (unpaired) electrons. The van der Waals surface area contributed by atoms with Gasteiger partial charge in [0.15, 0.2) is 23.0 Å². The minimum absolute atomic E-state index is 0.0390. The summed E-state index contributed by atoms with van der Waals surface area (Å²) in [6.45, 7) is 0. The third-order valence-corrected chi connectivity index (χ3v) is 10.8. The lowest BCUT2D eigenvalue weighted by Gasteiger charge is -2.10. The number of amides is 2. The first-order valence-corrected chi connectivity index (χ1v) is 22.7. The summed E-state index contributed by atoms with van der Waals surface area (Å²) in [5, 5.41) is 30.5. The van der Waals surface area contributed by atoms with Crippen LogP contribution in [0, 0.1) is 0 Å². The third-order valence-electron chi connectivity index (χ3n) is 10.3. The van der Waals surface area contributed by atoms with E-state index < -0.39 is 36.8 Å². The van der Waals surface area contributed by atoms with E-state index in [-0.39, 0.29) is 28.9 Å². The molecule has 4 N–H and O–H groups in total. The van der Waals surface area contributed by atoms with Crippen molar-refractivity contribution in [2.24, 2.45) is 0 Å². The number of hydrogen-bond donors (Lipinski definition) is 4. The van der Waals surface area contributed by atoms with Crippen LogP contribution in [0.15, 0.2) is 188 Å². The van der Waals surface area contributed by atoms with Gasteiger partial charge in [-0.2, -0.15) is 36.5 Å². The lowest BCUT2D eigenvalue weighted by Crippen LogP contribution is -2.30. The second-order valence-electron chi connectivity index (χ2n) is 15.6. The van der Waals surface area contributed by atoms with Gasteiger partial charge in [0.25, 0.3) is 11.8 Å². The van der Waals surface area contributed by atoms with Gasteiger partial charge < -0.3 is 20.7 Å². The van der Waals surface area contributed by atoms with Gasteiger partial charge >= 0.3 is 19.5 Å². The maximum Gasteiger partial charge on any atom is 0.491 e. The fourth-order valence-electron chi connectivity index (χ4n) is 6.76. The van der Waals surface area contributed by atoms with E-state index in [1.165, 1.54) is 86.5 Å². The van der Waals surface area contributed by atoms with Crippen LogP contribution in [0.2, 0.25) is 0 Å². The van der Waals surface area contributed by atoms with Crippen LogP contribution < -0.4 is 16.1 Å². The number of benzene rings is 2. The van der Waals surface area contributed by atoms with E-state index >= 15 is 0 Å². The SMILES string of the molecule is O=C(Nc1ccc(-n2nc(-c3cccnc3)cc2C(F)(F)F)nc1)c1cccc(-c2cncnc2)c1.O=C(Nc1ccc(-n2nc(-c3cccnc3)cc2C(F)(F)F)nc1)c1cccc(Br)c1.OB(O)c1cncnc1. The number of rotatable bonds is 10. The van der Waals surface area contributed by atoms with E-state index in [0.29, 0.717) is 39.1 Å². The predicted molar refractivity (Wildman–Crippen MR) is 269 cm³/mol. The molecule has 2 aromatic carbocycles. The number of nitrogens with zero attached hydrogens (tertiary/aromatic N) is 12. The molecule has 0 bridgehead atoms. The maximum atomic E-state index is 13.7. The normalized spacial score (nSPS) is 11.1. The van der Waals surface area contributed by atoms with E-state index in [1.807, 2.05) is 6.07 Å². The minimum Gasteiger partial charge on any atom is -0.423 e. The molecule has 76 heavy (non-hydrogen) atoms. The van der Waals surface area contributed by atoms with Crippen molar-refractivity contribution < 1.29 is 46.0 Å². The standard InChI is InChI=1S/C25H16F3N7O.C21H13BrF3N5O.C4H5BN2O2/c26-25(27,28)22-10-21(18-5-2-8-29-11-18)34-35(22)23-7-6-20(14-32-23)33-24(36)17-4-1-3-16(9-17)19-12-30-15-31-13-19;22-15-5-1-3-13(9-15)20(31)28-16-6-7-19(27-12-16)30-18(21(23,24)25)10-17(29-30)14-4-2-8-26-11-14;8-5(9)4-1-6-3-7-2-4/h1-15H,(H,33,36);1-12H,(H,28,31);1-3,8-9H. The van der Waals surface area contributed by atoms with E-state index in [1.54, 1.807) is 79.1 Å². The van der Waals surface area contributed by atoms with Crippen LogP contribution >= 0.6 is 15.9 Å². The van der Waals surface area contributed by atoms with Crippen molar-refractivity contribution in [2.75, 3.05) is 10.6 Å². The average molecular weight is 1100 g/mol. The quantitative estimate of drug-likeness (QED) is 0.0742. The molecule has 0 spiro atoms. The molecule has 8 heterocycles. The number of pyridine rings is 4. The summed E-state index contributed by atoms with van der Waals surface area (Å²) in [7, 11) is -1.47. The minimum atomic E-state index is -4.66. The first-order chi connectivity index (χ1) is 36.5. The summed E-state index contributed by atoms with van der Waals surface area (Å²) in [5.74, 6) is -0.869. The Balaban J connectivity index is 0.000000174. The highest BCUT2D eigenvalue weighted by Crippen LogP contribution is 2.35. The number of carbonyl (C=O) groups excluding carboxylic acids is 2. The molecule has 0 saturated heterocycles. The Morgan fingerprint density at radius 2 is 0.947 bits per heavy atom. The molecule has 0 saturated carbocycles. The molecule has 0 aliphatic heterocycles. The van der Waals surface area contributed by atoms with Gasteiger partial charge in [-0.3, -0.25) is 19.6 Å². The highest BCUT2D eigenvalue weighted by molar-refractivity contribution is 9.10. The summed E-state index contributed by atoms with van der Waals surface area (Å²) in [5.41, 5.74) is 2.44. The van der Waals surface area contributed by atoms with Crippen molar-refractivity contribution >= 4 is 51.7 Å². The van der Waals surface area contributed by atoms with Gasteiger partial charge in [-0.15, -0.1) is 0 Å². The molecule has 0 unspecified atom stereocenters. The van der Waals surface area contributed by atoms with Gasteiger partial charge in [0, 0.05) is 87.3 Å². The summed E-state index contributed by atoms with van der Waals surface area (Å²) in [6.07, 6.45) is 7.86. The third kappa shape index (κ3) is 13.6. The molecular formula is C50H34BBrF6N14O4. The van der Waals surface area contributed by atoms with Gasteiger partial charge in [-0.1, -0.05) is 34.1 Å². The highest BCUT2D eigenvalue weighted by atomic mass is 79.9. The molecule has 380 valence electrons. The zero-order valence-corrected chi connectivity index (χ0v) is 40.2. The van der Waals surface area contributed by atoms with Crippen molar-refractivity contribution in [1.82, 2.24) is 59.4 Å². The van der Waals surface area contributed by atoms with Crippen LogP contribution in [0.3, 0.4) is 0 Å². The summed E-state index contributed by atoms with van der Waals surface area (Å²) in [6, 6.07) is 27.7. The lowest BCUT2D eigenvalue weighted by atomic mass is 9.83. The van der Waals surface area contributed by atoms with Gasteiger partial charge in [0.2, 0.25) is 0 Å². The van der Waals surface area contributed by atoms with E-state index in [9.17, 15) is 35.9 Å². The van der Waals surface area contributed by atoms with Crippen LogP contribution in [0.25, 0.3) is 45.3 Å². The van der Waals surface area contributed by atoms with E-state index in [0.717, 1.165) is 37.1 Å². The number of hydrogen-bond acceptors (Lipinski definition) is 14. The zero-order chi connectivity index (χ0) is 53.8.